The topological polar surface area (TPSA) is 85.8 Å². The number of aliphatic imine (C=N–C) groups is 1. The van der Waals surface area contributed by atoms with E-state index in [4.69, 9.17) is 0 Å². The molecule has 0 aromatic heterocycles. The van der Waals surface area contributed by atoms with Gasteiger partial charge in [0.2, 0.25) is 10.0 Å². The molecule has 0 aliphatic carbocycles. The van der Waals surface area contributed by atoms with Gasteiger partial charge in [0.05, 0.1) is 11.4 Å². The zero-order valence-electron chi connectivity index (χ0n) is 18.0. The highest BCUT2D eigenvalue weighted by Gasteiger charge is 2.11. The van der Waals surface area contributed by atoms with Gasteiger partial charge in [-0.25, -0.2) is 18.1 Å². The predicted molar refractivity (Wildman–Crippen MR) is 117 cm³/mol. The second-order valence-electron chi connectivity index (χ2n) is 6.76. The summed E-state index contributed by atoms with van der Waals surface area (Å²) in [5, 5.41) is 6.70. The van der Waals surface area contributed by atoms with Crippen LogP contribution in [0.3, 0.4) is 0 Å². The fourth-order valence-electron chi connectivity index (χ4n) is 2.89. The van der Waals surface area contributed by atoms with E-state index in [1.54, 1.807) is 18.2 Å². The minimum absolute atomic E-state index is 0.255. The van der Waals surface area contributed by atoms with Crippen LogP contribution >= 0.6 is 0 Å². The van der Waals surface area contributed by atoms with Crippen LogP contribution in [0, 0.1) is 0 Å². The number of sulfonamides is 1. The number of hydrogen-bond donors (Lipinski definition) is 3. The smallest absolute Gasteiger partial charge is 0.240 e. The molecule has 8 heteroatoms. The summed E-state index contributed by atoms with van der Waals surface area (Å²) < 4.78 is 26.3. The molecular formula is C20H37N5O2S. The van der Waals surface area contributed by atoms with E-state index in [-0.39, 0.29) is 4.90 Å². The molecule has 1 aromatic carbocycles. The van der Waals surface area contributed by atoms with Crippen molar-refractivity contribution in [3.05, 3.63) is 29.8 Å². The summed E-state index contributed by atoms with van der Waals surface area (Å²) in [6, 6.07) is 7.18. The van der Waals surface area contributed by atoms with Gasteiger partial charge in [-0.3, -0.25) is 0 Å². The minimum atomic E-state index is -3.44. The fraction of sp³-hybridized carbons (Fsp3) is 0.650. The third-order valence-corrected chi connectivity index (χ3v) is 6.04. The average molecular weight is 412 g/mol. The van der Waals surface area contributed by atoms with Crippen molar-refractivity contribution in [3.8, 4) is 0 Å². The molecular weight excluding hydrogens is 374 g/mol. The second-order valence-corrected chi connectivity index (χ2v) is 8.65. The van der Waals surface area contributed by atoms with Crippen LogP contribution in [0.1, 0.15) is 46.1 Å². The summed E-state index contributed by atoms with van der Waals surface area (Å²) in [7, 11) is -2.03. The molecule has 1 aromatic rings. The van der Waals surface area contributed by atoms with Gasteiger partial charge in [-0.15, -0.1) is 0 Å². The van der Waals surface area contributed by atoms with Gasteiger partial charge >= 0.3 is 0 Å². The number of rotatable bonds is 12. The van der Waals surface area contributed by atoms with Crippen molar-refractivity contribution in [1.29, 1.82) is 0 Å². The lowest BCUT2D eigenvalue weighted by Gasteiger charge is -2.21. The molecule has 1 unspecified atom stereocenters. The molecule has 0 aliphatic heterocycles. The lowest BCUT2D eigenvalue weighted by molar-refractivity contribution is 0.292. The Bertz CT molecular complexity index is 702. The van der Waals surface area contributed by atoms with Crippen molar-refractivity contribution < 1.29 is 8.42 Å². The van der Waals surface area contributed by atoms with Crippen LogP contribution < -0.4 is 15.4 Å². The summed E-state index contributed by atoms with van der Waals surface area (Å²) in [5.74, 6) is 0.750. The van der Waals surface area contributed by atoms with Crippen LogP contribution in [-0.2, 0) is 16.6 Å². The maximum Gasteiger partial charge on any atom is 0.240 e. The van der Waals surface area contributed by atoms with Crippen LogP contribution in [0.4, 0.5) is 0 Å². The van der Waals surface area contributed by atoms with Gasteiger partial charge in [-0.05, 0) is 71.1 Å². The third kappa shape index (κ3) is 8.58. The molecule has 160 valence electrons. The SMILES string of the molecule is CCNC(=NCc1cccc(S(=O)(=O)NC)c1)NC(C)CCCN(CC)CC. The van der Waals surface area contributed by atoms with E-state index in [0.29, 0.717) is 12.6 Å². The fourth-order valence-corrected chi connectivity index (χ4v) is 3.69. The first-order valence-corrected chi connectivity index (χ1v) is 11.6. The normalized spacial score (nSPS) is 13.6. The van der Waals surface area contributed by atoms with E-state index in [9.17, 15) is 8.42 Å². The number of guanidine groups is 1. The molecule has 28 heavy (non-hydrogen) atoms. The third-order valence-electron chi connectivity index (χ3n) is 4.63. The molecule has 1 atom stereocenters. The molecule has 0 amide bonds. The van der Waals surface area contributed by atoms with Gasteiger partial charge in [-0.1, -0.05) is 26.0 Å². The van der Waals surface area contributed by atoms with Crippen LogP contribution in [0.5, 0.6) is 0 Å². The molecule has 0 saturated carbocycles. The van der Waals surface area contributed by atoms with E-state index in [2.05, 4.69) is 46.0 Å². The van der Waals surface area contributed by atoms with Crippen molar-refractivity contribution in [2.75, 3.05) is 33.2 Å². The monoisotopic (exact) mass is 411 g/mol. The summed E-state index contributed by atoms with van der Waals surface area (Å²) in [6.07, 6.45) is 2.20. The van der Waals surface area contributed by atoms with Crippen LogP contribution in [0.2, 0.25) is 0 Å². The maximum atomic E-state index is 12.0. The highest BCUT2D eigenvalue weighted by atomic mass is 32.2. The molecule has 7 nitrogen and oxygen atoms in total. The van der Waals surface area contributed by atoms with Gasteiger partial charge < -0.3 is 15.5 Å². The highest BCUT2D eigenvalue weighted by molar-refractivity contribution is 7.89. The Balaban J connectivity index is 2.68. The second kappa shape index (κ2) is 12.7. The Morgan fingerprint density at radius 1 is 1.21 bits per heavy atom. The van der Waals surface area contributed by atoms with E-state index < -0.39 is 10.0 Å². The Hall–Kier alpha value is -1.64. The van der Waals surface area contributed by atoms with E-state index in [1.807, 2.05) is 13.0 Å². The predicted octanol–water partition coefficient (Wildman–Crippen LogP) is 2.16. The first kappa shape index (κ1) is 24.4. The van der Waals surface area contributed by atoms with E-state index in [1.165, 1.54) is 7.05 Å². The van der Waals surface area contributed by atoms with Gasteiger partial charge in [0.15, 0.2) is 5.96 Å². The molecule has 0 spiro atoms. The number of nitrogens with one attached hydrogen (secondary N) is 3. The molecule has 3 N–H and O–H groups in total. The zero-order valence-corrected chi connectivity index (χ0v) is 18.8. The lowest BCUT2D eigenvalue weighted by atomic mass is 10.2. The van der Waals surface area contributed by atoms with Crippen molar-refractivity contribution in [2.45, 2.75) is 58.0 Å². The summed E-state index contributed by atoms with van der Waals surface area (Å²) in [5.41, 5.74) is 0.850. The maximum absolute atomic E-state index is 12.0. The van der Waals surface area contributed by atoms with Gasteiger partial charge in [0.1, 0.15) is 0 Å². The van der Waals surface area contributed by atoms with Gasteiger partial charge in [0.25, 0.3) is 0 Å². The van der Waals surface area contributed by atoms with E-state index >= 15 is 0 Å². The molecule has 0 saturated heterocycles. The Kier molecular flexibility index (Phi) is 11.1. The molecule has 0 heterocycles. The van der Waals surface area contributed by atoms with Crippen molar-refractivity contribution >= 4 is 16.0 Å². The van der Waals surface area contributed by atoms with Crippen LogP contribution in [-0.4, -0.2) is 58.5 Å². The Morgan fingerprint density at radius 2 is 1.93 bits per heavy atom. The Labute approximate surface area is 171 Å². The number of benzene rings is 1. The number of hydrogen-bond acceptors (Lipinski definition) is 4. The molecule has 0 fully saturated rings. The van der Waals surface area contributed by atoms with E-state index in [0.717, 1.165) is 50.5 Å². The van der Waals surface area contributed by atoms with Crippen molar-refractivity contribution in [3.63, 3.8) is 0 Å². The largest absolute Gasteiger partial charge is 0.357 e. The summed E-state index contributed by atoms with van der Waals surface area (Å²) in [6.45, 7) is 13.0. The van der Waals surface area contributed by atoms with Crippen LogP contribution in [0.15, 0.2) is 34.2 Å². The van der Waals surface area contributed by atoms with Crippen LogP contribution in [0.25, 0.3) is 0 Å². The minimum Gasteiger partial charge on any atom is -0.357 e. The number of nitrogens with zero attached hydrogens (tertiary/aromatic N) is 2. The summed E-state index contributed by atoms with van der Waals surface area (Å²) >= 11 is 0. The molecule has 0 aliphatic rings. The van der Waals surface area contributed by atoms with Gasteiger partial charge in [-0.2, -0.15) is 0 Å². The first-order valence-electron chi connectivity index (χ1n) is 10.2. The zero-order chi connectivity index (χ0) is 21.0. The molecule has 1 rings (SSSR count). The summed E-state index contributed by atoms with van der Waals surface area (Å²) in [4.78, 5) is 7.30. The van der Waals surface area contributed by atoms with Gasteiger partial charge in [0, 0.05) is 12.6 Å². The van der Waals surface area contributed by atoms with Crippen molar-refractivity contribution in [1.82, 2.24) is 20.3 Å². The Morgan fingerprint density at radius 3 is 2.54 bits per heavy atom. The highest BCUT2D eigenvalue weighted by Crippen LogP contribution is 2.12. The molecule has 0 radical (unpaired) electrons. The van der Waals surface area contributed by atoms with Crippen molar-refractivity contribution in [2.24, 2.45) is 4.99 Å². The molecule has 0 bridgehead atoms. The average Bonchev–Trinajstić information content (AvgIpc) is 2.70. The quantitative estimate of drug-likeness (QED) is 0.362. The first-order chi connectivity index (χ1) is 13.4. The standard InChI is InChI=1S/C20H37N5O2S/c1-6-22-20(24-17(4)11-10-14-25(7-2)8-3)23-16-18-12-9-13-19(15-18)28(26,27)21-5/h9,12-13,15,17,21H,6-8,10-11,14,16H2,1-5H3,(H2,22,23,24). The lowest BCUT2D eigenvalue weighted by Crippen LogP contribution is -2.42.